The first-order chi connectivity index (χ1) is 16.8. The van der Waals surface area contributed by atoms with E-state index in [1.54, 1.807) is 6.92 Å². The second-order valence-electron chi connectivity index (χ2n) is 7.24. The van der Waals surface area contributed by atoms with Gasteiger partial charge in [-0.3, -0.25) is 19.7 Å². The molecule has 35 heavy (non-hydrogen) atoms. The molecule has 0 bridgehead atoms. The number of aromatic nitrogens is 2. The molecular formula is C23H17FN4O6S. The summed E-state index contributed by atoms with van der Waals surface area (Å²) < 4.78 is 20.3. The Morgan fingerprint density at radius 2 is 1.91 bits per heavy atom. The van der Waals surface area contributed by atoms with Crippen LogP contribution in [0.5, 0.6) is 0 Å². The average molecular weight is 496 g/mol. The summed E-state index contributed by atoms with van der Waals surface area (Å²) in [4.78, 5) is 48.8. The van der Waals surface area contributed by atoms with Gasteiger partial charge in [-0.25, -0.2) is 9.18 Å². The Balaban J connectivity index is 1.75. The number of benzene rings is 2. The molecule has 0 spiro atoms. The van der Waals surface area contributed by atoms with Crippen LogP contribution in [0.2, 0.25) is 0 Å². The Morgan fingerprint density at radius 1 is 1.20 bits per heavy atom. The fourth-order valence-electron chi connectivity index (χ4n) is 3.37. The fourth-order valence-corrected chi connectivity index (χ4v) is 4.32. The van der Waals surface area contributed by atoms with Crippen LogP contribution in [0.25, 0.3) is 16.5 Å². The number of carbonyl (C=O) groups is 2. The van der Waals surface area contributed by atoms with Crippen molar-refractivity contribution in [1.82, 2.24) is 9.78 Å². The molecule has 0 unspecified atom stereocenters. The van der Waals surface area contributed by atoms with E-state index in [9.17, 15) is 28.9 Å². The number of carbonyl (C=O) groups excluding carboxylic acids is 2. The standard InChI is InChI=1S/C23H17FN4O6S/c1-2-34-23(31)20-15-12-35-21(25-18(29)11-13-7-9-14(10-8-13)28(32)33)19(15)22(30)27(26-20)17-6-4-3-5-16(17)24/h3-10,12H,2,11H2,1H3,(H,25,29). The second-order valence-corrected chi connectivity index (χ2v) is 8.12. The number of fused-ring (bicyclic) bond motifs is 1. The molecule has 0 radical (unpaired) electrons. The van der Waals surface area contributed by atoms with Gasteiger partial charge in [0.1, 0.15) is 16.5 Å². The minimum Gasteiger partial charge on any atom is -0.461 e. The summed E-state index contributed by atoms with van der Waals surface area (Å²) in [6.45, 7) is 1.67. The molecule has 2 aromatic heterocycles. The molecule has 0 saturated heterocycles. The van der Waals surface area contributed by atoms with Crippen LogP contribution < -0.4 is 10.9 Å². The molecule has 4 rings (SSSR count). The number of nitrogens with zero attached hydrogens (tertiary/aromatic N) is 3. The van der Waals surface area contributed by atoms with E-state index in [0.717, 1.165) is 22.1 Å². The van der Waals surface area contributed by atoms with Gasteiger partial charge in [-0.05, 0) is 24.6 Å². The van der Waals surface area contributed by atoms with Gasteiger partial charge < -0.3 is 10.1 Å². The summed E-state index contributed by atoms with van der Waals surface area (Å²) in [7, 11) is 0. The molecule has 10 nitrogen and oxygen atoms in total. The molecule has 0 aliphatic rings. The quantitative estimate of drug-likeness (QED) is 0.233. The first-order valence-corrected chi connectivity index (χ1v) is 11.2. The highest BCUT2D eigenvalue weighted by Crippen LogP contribution is 2.31. The molecule has 0 atom stereocenters. The number of thiophene rings is 1. The minimum absolute atomic E-state index is 0.0200. The van der Waals surface area contributed by atoms with Crippen molar-refractivity contribution >= 4 is 44.7 Å². The largest absolute Gasteiger partial charge is 0.461 e. The van der Waals surface area contributed by atoms with Crippen LogP contribution in [0.15, 0.2) is 58.7 Å². The van der Waals surface area contributed by atoms with Gasteiger partial charge in [0.2, 0.25) is 5.91 Å². The van der Waals surface area contributed by atoms with Crippen molar-refractivity contribution in [3.63, 3.8) is 0 Å². The average Bonchev–Trinajstić information content (AvgIpc) is 3.24. The summed E-state index contributed by atoms with van der Waals surface area (Å²) in [5, 5.41) is 19.3. The number of nitro groups is 1. The normalized spacial score (nSPS) is 10.8. The number of halogens is 1. The third-order valence-corrected chi connectivity index (χ3v) is 5.86. The van der Waals surface area contributed by atoms with Crippen molar-refractivity contribution in [3.8, 4) is 5.69 Å². The number of anilines is 1. The van der Waals surface area contributed by atoms with E-state index in [2.05, 4.69) is 10.4 Å². The number of ether oxygens (including phenoxy) is 1. The lowest BCUT2D eigenvalue weighted by Gasteiger charge is -2.10. The van der Waals surface area contributed by atoms with Gasteiger partial charge in [0.15, 0.2) is 5.69 Å². The Morgan fingerprint density at radius 3 is 2.57 bits per heavy atom. The zero-order chi connectivity index (χ0) is 25.1. The number of non-ortho nitro benzene ring substituents is 1. The highest BCUT2D eigenvalue weighted by molar-refractivity contribution is 7.16. The Labute approximate surface area is 200 Å². The number of hydrogen-bond donors (Lipinski definition) is 1. The number of para-hydroxylation sites is 1. The predicted molar refractivity (Wildman–Crippen MR) is 127 cm³/mol. The first kappa shape index (κ1) is 23.7. The molecule has 0 saturated carbocycles. The van der Waals surface area contributed by atoms with Gasteiger partial charge in [0.05, 0.1) is 23.3 Å². The van der Waals surface area contributed by atoms with Crippen LogP contribution in [0.1, 0.15) is 23.0 Å². The molecule has 0 fully saturated rings. The van der Waals surface area contributed by atoms with E-state index < -0.39 is 28.2 Å². The maximum absolute atomic E-state index is 14.5. The van der Waals surface area contributed by atoms with Crippen LogP contribution in [-0.2, 0) is 16.0 Å². The maximum Gasteiger partial charge on any atom is 0.359 e. The van der Waals surface area contributed by atoms with E-state index in [-0.39, 0.29) is 45.9 Å². The van der Waals surface area contributed by atoms with Crippen LogP contribution in [0.4, 0.5) is 15.1 Å². The van der Waals surface area contributed by atoms with Crippen LogP contribution in [-0.4, -0.2) is 33.2 Å². The lowest BCUT2D eigenvalue weighted by molar-refractivity contribution is -0.384. The van der Waals surface area contributed by atoms with E-state index in [1.807, 2.05) is 0 Å². The van der Waals surface area contributed by atoms with E-state index in [1.165, 1.54) is 47.8 Å². The zero-order valence-corrected chi connectivity index (χ0v) is 19.0. The SMILES string of the molecule is CCOC(=O)c1nn(-c2ccccc2F)c(=O)c2c(NC(=O)Cc3ccc([N+](=O)[O-])cc3)scc12. The van der Waals surface area contributed by atoms with Crippen molar-refractivity contribution in [2.24, 2.45) is 0 Å². The molecular weight excluding hydrogens is 479 g/mol. The molecule has 2 heterocycles. The molecule has 0 aliphatic carbocycles. The molecule has 1 N–H and O–H groups in total. The van der Waals surface area contributed by atoms with Crippen molar-refractivity contribution in [1.29, 1.82) is 0 Å². The lowest BCUT2D eigenvalue weighted by atomic mass is 10.1. The highest BCUT2D eigenvalue weighted by Gasteiger charge is 2.24. The van der Waals surface area contributed by atoms with Crippen molar-refractivity contribution < 1.29 is 23.6 Å². The van der Waals surface area contributed by atoms with Crippen LogP contribution >= 0.6 is 11.3 Å². The van der Waals surface area contributed by atoms with Crippen LogP contribution in [0.3, 0.4) is 0 Å². The molecule has 178 valence electrons. The molecule has 4 aromatic rings. The third-order valence-electron chi connectivity index (χ3n) is 4.97. The monoisotopic (exact) mass is 496 g/mol. The molecule has 1 amide bonds. The van der Waals surface area contributed by atoms with Crippen LogP contribution in [0, 0.1) is 15.9 Å². The molecule has 2 aromatic carbocycles. The number of amides is 1. The number of hydrogen-bond acceptors (Lipinski definition) is 8. The zero-order valence-electron chi connectivity index (χ0n) is 18.2. The third kappa shape index (κ3) is 4.77. The fraction of sp³-hybridized carbons (Fsp3) is 0.130. The van der Waals surface area contributed by atoms with Crippen molar-refractivity contribution in [3.05, 3.63) is 91.5 Å². The number of nitrogens with one attached hydrogen (secondary N) is 1. The van der Waals surface area contributed by atoms with E-state index in [4.69, 9.17) is 4.74 Å². The molecule has 0 aliphatic heterocycles. The van der Waals surface area contributed by atoms with Gasteiger partial charge in [-0.1, -0.05) is 24.3 Å². The smallest absolute Gasteiger partial charge is 0.359 e. The Hall–Kier alpha value is -4.45. The first-order valence-electron chi connectivity index (χ1n) is 10.3. The Bertz CT molecular complexity index is 1510. The van der Waals surface area contributed by atoms with Gasteiger partial charge in [0.25, 0.3) is 11.2 Å². The van der Waals surface area contributed by atoms with E-state index >= 15 is 0 Å². The number of rotatable bonds is 7. The highest BCUT2D eigenvalue weighted by atomic mass is 32.1. The minimum atomic E-state index is -0.802. The van der Waals surface area contributed by atoms with Crippen molar-refractivity contribution in [2.75, 3.05) is 11.9 Å². The lowest BCUT2D eigenvalue weighted by Crippen LogP contribution is -2.26. The summed E-state index contributed by atoms with van der Waals surface area (Å²) in [6, 6.07) is 10.9. The summed E-state index contributed by atoms with van der Waals surface area (Å²) in [5.74, 6) is -2.02. The van der Waals surface area contributed by atoms with Crippen molar-refractivity contribution in [2.45, 2.75) is 13.3 Å². The topological polar surface area (TPSA) is 133 Å². The second kappa shape index (κ2) is 9.81. The van der Waals surface area contributed by atoms with Gasteiger partial charge in [0, 0.05) is 22.9 Å². The summed E-state index contributed by atoms with van der Waals surface area (Å²) in [5.41, 5.74) is -0.682. The number of esters is 1. The summed E-state index contributed by atoms with van der Waals surface area (Å²) in [6.07, 6.45) is -0.116. The maximum atomic E-state index is 14.5. The molecule has 12 heteroatoms. The van der Waals surface area contributed by atoms with Gasteiger partial charge in [-0.15, -0.1) is 11.3 Å². The van der Waals surface area contributed by atoms with Gasteiger partial charge >= 0.3 is 5.97 Å². The summed E-state index contributed by atoms with van der Waals surface area (Å²) >= 11 is 1.00. The number of nitro benzene ring substituents is 1. The Kier molecular flexibility index (Phi) is 6.64. The van der Waals surface area contributed by atoms with Gasteiger partial charge in [-0.2, -0.15) is 9.78 Å². The predicted octanol–water partition coefficient (Wildman–Crippen LogP) is 3.85. The van der Waals surface area contributed by atoms with E-state index in [0.29, 0.717) is 5.56 Å².